The minimum atomic E-state index is 0.611. The third-order valence-electron chi connectivity index (χ3n) is 1.96. The van der Waals surface area contributed by atoms with E-state index in [0.717, 1.165) is 11.7 Å². The lowest BCUT2D eigenvalue weighted by Crippen LogP contribution is -2.50. The Balaban J connectivity index is 2.64. The van der Waals surface area contributed by atoms with E-state index in [1.165, 1.54) is 5.23 Å². The first-order chi connectivity index (χ1) is 8.80. The highest BCUT2D eigenvalue weighted by molar-refractivity contribution is 5.93. The second-order valence-corrected chi connectivity index (χ2v) is 3.46. The predicted molar refractivity (Wildman–Crippen MR) is 75.1 cm³/mol. The Morgan fingerprint density at radius 3 is 2.44 bits per heavy atom. The van der Waals surface area contributed by atoms with Crippen molar-refractivity contribution in [1.82, 2.24) is 26.7 Å². The summed E-state index contributed by atoms with van der Waals surface area (Å²) in [5, 5.41) is 12.1. The summed E-state index contributed by atoms with van der Waals surface area (Å²) in [6.07, 6.45) is 7.19. The zero-order chi connectivity index (χ0) is 13.2. The molecule has 0 aliphatic carbocycles. The summed E-state index contributed by atoms with van der Waals surface area (Å²) < 4.78 is 0. The molecule has 1 aliphatic rings. The van der Waals surface area contributed by atoms with Gasteiger partial charge in [-0.25, -0.2) is 0 Å². The summed E-state index contributed by atoms with van der Waals surface area (Å²) in [6.45, 7) is 12.9. The molecule has 18 heavy (non-hydrogen) atoms. The normalized spacial score (nSPS) is 13.9. The Labute approximate surface area is 108 Å². The van der Waals surface area contributed by atoms with Crippen LogP contribution in [0.25, 0.3) is 0 Å². The van der Waals surface area contributed by atoms with Crippen LogP contribution in [0.4, 0.5) is 0 Å². The molecular weight excluding hydrogens is 228 g/mol. The van der Waals surface area contributed by atoms with Crippen molar-refractivity contribution in [2.75, 3.05) is 19.6 Å². The van der Waals surface area contributed by atoms with Crippen molar-refractivity contribution >= 4 is 5.84 Å². The molecule has 0 bridgehead atoms. The van der Waals surface area contributed by atoms with E-state index in [1.54, 1.807) is 18.2 Å². The highest BCUT2D eigenvalue weighted by Crippen LogP contribution is 1.96. The summed E-state index contributed by atoms with van der Waals surface area (Å²) >= 11 is 0. The van der Waals surface area contributed by atoms with Gasteiger partial charge in [0, 0.05) is 25.7 Å². The van der Waals surface area contributed by atoms with E-state index >= 15 is 0 Å². The fraction of sp³-hybridized carbons (Fsp3) is 0.250. The van der Waals surface area contributed by atoms with E-state index in [4.69, 9.17) is 0 Å². The van der Waals surface area contributed by atoms with Crippen LogP contribution in [0.15, 0.2) is 55.0 Å². The molecular formula is C12H20N6. The first-order valence-corrected chi connectivity index (χ1v) is 5.71. The lowest BCUT2D eigenvalue weighted by Gasteiger charge is -2.27. The Hall–Kier alpha value is -2.21. The van der Waals surface area contributed by atoms with E-state index in [-0.39, 0.29) is 0 Å². The molecule has 4 N–H and O–H groups in total. The molecule has 0 aromatic heterocycles. The van der Waals surface area contributed by atoms with Crippen molar-refractivity contribution in [1.29, 1.82) is 0 Å². The van der Waals surface area contributed by atoms with Crippen molar-refractivity contribution in [3.05, 3.63) is 49.9 Å². The van der Waals surface area contributed by atoms with Crippen LogP contribution >= 0.6 is 0 Å². The first kappa shape index (κ1) is 13.9. The molecule has 0 saturated carbocycles. The third-order valence-corrected chi connectivity index (χ3v) is 1.96. The van der Waals surface area contributed by atoms with Gasteiger partial charge in [-0.2, -0.15) is 5.43 Å². The number of rotatable bonds is 8. The van der Waals surface area contributed by atoms with E-state index < -0.39 is 0 Å². The summed E-state index contributed by atoms with van der Waals surface area (Å²) in [6, 6.07) is 0. The van der Waals surface area contributed by atoms with Crippen molar-refractivity contribution in [3.63, 3.8) is 0 Å². The van der Waals surface area contributed by atoms with Crippen molar-refractivity contribution in [2.24, 2.45) is 5.10 Å². The van der Waals surface area contributed by atoms with Gasteiger partial charge in [0.2, 0.25) is 0 Å². The molecule has 0 unspecified atom stereocenters. The zero-order valence-electron chi connectivity index (χ0n) is 10.4. The number of nitrogens with one attached hydrogen (secondary N) is 4. The van der Waals surface area contributed by atoms with Crippen molar-refractivity contribution in [3.8, 4) is 0 Å². The van der Waals surface area contributed by atoms with E-state index in [9.17, 15) is 0 Å². The van der Waals surface area contributed by atoms with Crippen molar-refractivity contribution < 1.29 is 0 Å². The van der Waals surface area contributed by atoms with Crippen LogP contribution in [0.2, 0.25) is 0 Å². The zero-order valence-corrected chi connectivity index (χ0v) is 10.4. The van der Waals surface area contributed by atoms with Gasteiger partial charge in [0.05, 0.1) is 0 Å². The third kappa shape index (κ3) is 4.75. The molecule has 0 atom stereocenters. The van der Waals surface area contributed by atoms with Gasteiger partial charge in [-0.15, -0.1) is 30.1 Å². The molecule has 0 radical (unpaired) electrons. The molecule has 98 valence electrons. The second-order valence-electron chi connectivity index (χ2n) is 3.46. The van der Waals surface area contributed by atoms with Crippen molar-refractivity contribution in [2.45, 2.75) is 0 Å². The molecule has 0 amide bonds. The van der Waals surface area contributed by atoms with Crippen LogP contribution < -0.4 is 21.5 Å². The smallest absolute Gasteiger partial charge is 0.153 e. The Bertz CT molecular complexity index is 358. The monoisotopic (exact) mass is 248 g/mol. The summed E-state index contributed by atoms with van der Waals surface area (Å²) in [5.74, 6) is 1.56. The van der Waals surface area contributed by atoms with Crippen LogP contribution in [0.3, 0.4) is 0 Å². The van der Waals surface area contributed by atoms with Gasteiger partial charge in [0.1, 0.15) is 5.82 Å². The SMILES string of the molecule is C=CCNC1=CC(NCC=C)=NN(NCC=C)N1. The van der Waals surface area contributed by atoms with Gasteiger partial charge in [-0.1, -0.05) is 18.2 Å². The molecule has 1 aliphatic heterocycles. The summed E-state index contributed by atoms with van der Waals surface area (Å²) in [4.78, 5) is 0. The number of hydrazone groups is 1. The van der Waals surface area contributed by atoms with Gasteiger partial charge in [0.25, 0.3) is 0 Å². The van der Waals surface area contributed by atoms with E-state index in [1.807, 2.05) is 6.08 Å². The quantitative estimate of drug-likeness (QED) is 0.462. The summed E-state index contributed by atoms with van der Waals surface area (Å²) in [5.41, 5.74) is 6.08. The van der Waals surface area contributed by atoms with Crippen LogP contribution in [0.1, 0.15) is 0 Å². The fourth-order valence-corrected chi connectivity index (χ4v) is 1.21. The fourth-order valence-electron chi connectivity index (χ4n) is 1.21. The Kier molecular flexibility index (Phi) is 6.13. The number of hydrogen-bond donors (Lipinski definition) is 4. The number of amidine groups is 1. The Morgan fingerprint density at radius 1 is 1.11 bits per heavy atom. The minimum absolute atomic E-state index is 0.611. The van der Waals surface area contributed by atoms with Gasteiger partial charge >= 0.3 is 0 Å². The first-order valence-electron chi connectivity index (χ1n) is 5.71. The van der Waals surface area contributed by atoms with Crippen LogP contribution in [-0.4, -0.2) is 30.7 Å². The highest BCUT2D eigenvalue weighted by Gasteiger charge is 2.10. The Morgan fingerprint density at radius 2 is 1.78 bits per heavy atom. The lowest BCUT2D eigenvalue weighted by molar-refractivity contribution is 0.139. The lowest BCUT2D eigenvalue weighted by atomic mass is 10.4. The van der Waals surface area contributed by atoms with Gasteiger partial charge in [0.15, 0.2) is 5.84 Å². The van der Waals surface area contributed by atoms with Gasteiger partial charge in [-0.05, 0) is 0 Å². The maximum atomic E-state index is 4.29. The molecule has 1 heterocycles. The van der Waals surface area contributed by atoms with E-state index in [2.05, 4.69) is 46.3 Å². The average molecular weight is 248 g/mol. The molecule has 6 heteroatoms. The number of hydrogen-bond acceptors (Lipinski definition) is 6. The van der Waals surface area contributed by atoms with Crippen LogP contribution in [-0.2, 0) is 0 Å². The average Bonchev–Trinajstić information content (AvgIpc) is 2.40. The molecule has 6 nitrogen and oxygen atoms in total. The van der Waals surface area contributed by atoms with Gasteiger partial charge < -0.3 is 10.6 Å². The predicted octanol–water partition coefficient (Wildman–Crippen LogP) is 0.203. The number of hydrazine groups is 2. The van der Waals surface area contributed by atoms with Crippen LogP contribution in [0, 0.1) is 0 Å². The molecule has 0 fully saturated rings. The van der Waals surface area contributed by atoms with E-state index in [0.29, 0.717) is 19.6 Å². The topological polar surface area (TPSA) is 63.7 Å². The minimum Gasteiger partial charge on any atom is -0.367 e. The maximum absolute atomic E-state index is 4.29. The highest BCUT2D eigenvalue weighted by atomic mass is 15.9. The molecule has 1 rings (SSSR count). The maximum Gasteiger partial charge on any atom is 0.153 e. The molecule has 0 saturated heterocycles. The molecule has 0 aromatic carbocycles. The van der Waals surface area contributed by atoms with Gasteiger partial charge in [-0.3, -0.25) is 5.43 Å². The molecule has 0 aromatic rings. The van der Waals surface area contributed by atoms with Crippen LogP contribution in [0.5, 0.6) is 0 Å². The summed E-state index contributed by atoms with van der Waals surface area (Å²) in [7, 11) is 0. The standard InChI is InChI=1S/C12H20N6/c1-4-7-13-11-10-12(14-8-5-2)17-18(16-11)15-9-6-3/h4-6,10,13,15-16H,1-3,7-9H2,(H,14,17). The number of nitrogens with zero attached hydrogens (tertiary/aromatic N) is 2. The second kappa shape index (κ2) is 7.97. The largest absolute Gasteiger partial charge is 0.367 e. The molecule has 0 spiro atoms.